The number of rotatable bonds is 43. The van der Waals surface area contributed by atoms with Crippen molar-refractivity contribution in [1.29, 1.82) is 0 Å². The molecular formula is C57H98O14. The average Bonchev–Trinajstić information content (AvgIpc) is 3.37. The van der Waals surface area contributed by atoms with Gasteiger partial charge < -0.3 is 64.2 Å². The highest BCUT2D eigenvalue weighted by Gasteiger charge is 2.47. The Kier molecular flexibility index (Phi) is 39.8. The summed E-state index contributed by atoms with van der Waals surface area (Å²) in [6, 6.07) is 0. The average molecular weight is 1010 g/mol. The maximum atomic E-state index is 13.0. The van der Waals surface area contributed by atoms with E-state index in [2.05, 4.69) is 86.8 Å². The number of carbonyl (C=O) groups excluding carboxylic acids is 1. The van der Waals surface area contributed by atoms with E-state index in [9.17, 15) is 40.5 Å². The number of esters is 1. The van der Waals surface area contributed by atoms with Crippen LogP contribution in [0.25, 0.3) is 0 Å². The van der Waals surface area contributed by atoms with E-state index in [0.29, 0.717) is 13.0 Å². The number of ether oxygens (including phenoxy) is 6. The van der Waals surface area contributed by atoms with Gasteiger partial charge in [0.05, 0.1) is 26.4 Å². The van der Waals surface area contributed by atoms with Gasteiger partial charge in [0.15, 0.2) is 12.6 Å². The van der Waals surface area contributed by atoms with Crippen LogP contribution in [0.2, 0.25) is 0 Å². The van der Waals surface area contributed by atoms with Crippen molar-refractivity contribution in [3.8, 4) is 0 Å². The van der Waals surface area contributed by atoms with Crippen molar-refractivity contribution in [1.82, 2.24) is 0 Å². The normalized spacial score (nSPS) is 25.9. The van der Waals surface area contributed by atoms with E-state index in [0.717, 1.165) is 96.3 Å². The second-order valence-corrected chi connectivity index (χ2v) is 19.0. The lowest BCUT2D eigenvalue weighted by Crippen LogP contribution is -2.61. The van der Waals surface area contributed by atoms with Crippen LogP contribution >= 0.6 is 0 Å². The van der Waals surface area contributed by atoms with Gasteiger partial charge >= 0.3 is 5.97 Å². The fourth-order valence-electron chi connectivity index (χ4n) is 8.25. The first-order valence-corrected chi connectivity index (χ1v) is 27.5. The molecule has 71 heavy (non-hydrogen) atoms. The molecule has 0 aromatic heterocycles. The van der Waals surface area contributed by atoms with Crippen molar-refractivity contribution < 1.29 is 69.0 Å². The molecule has 0 aliphatic carbocycles. The van der Waals surface area contributed by atoms with Crippen LogP contribution in [0.5, 0.6) is 0 Å². The highest BCUT2D eigenvalue weighted by atomic mass is 16.7. The standard InChI is InChI=1S/C57H98O14/c1-3-5-7-9-11-13-15-17-19-21-23-24-26-28-30-32-34-36-38-40-49(59)69-46(43-66-41-39-37-35-33-31-29-27-25-22-20-18-16-14-12-10-8-6-4-2)44-67-56-55(65)53(63)51(61)48(71-56)45-68-57-54(64)52(62)50(60)47(42-58)70-57/h5,7,11-14,17-20,23-24,46-48,50-58,60-65H,3-4,6,8-10,15-16,21-22,25-45H2,1-2H3/b7-5-,13-11-,14-12-,19-17-,20-18-,24-23-. The molecule has 2 aliphatic rings. The number of hydrogen-bond donors (Lipinski definition) is 7. The van der Waals surface area contributed by atoms with Crippen LogP contribution in [-0.4, -0.2) is 142 Å². The molecule has 7 N–H and O–H groups in total. The molecule has 2 fully saturated rings. The smallest absolute Gasteiger partial charge is 0.306 e. The van der Waals surface area contributed by atoms with Gasteiger partial charge in [-0.25, -0.2) is 0 Å². The summed E-state index contributed by atoms with van der Waals surface area (Å²) in [6.07, 6.45) is 38.1. The van der Waals surface area contributed by atoms with Crippen molar-refractivity contribution in [3.63, 3.8) is 0 Å². The maximum Gasteiger partial charge on any atom is 0.306 e. The Morgan fingerprint density at radius 3 is 1.44 bits per heavy atom. The van der Waals surface area contributed by atoms with Crippen LogP contribution in [0, 0.1) is 0 Å². The fraction of sp³-hybridized carbons (Fsp3) is 0.772. The number of aliphatic hydroxyl groups is 7. The first-order chi connectivity index (χ1) is 34.6. The fourth-order valence-corrected chi connectivity index (χ4v) is 8.25. The quantitative estimate of drug-likeness (QED) is 0.0173. The van der Waals surface area contributed by atoms with Gasteiger partial charge in [-0.2, -0.15) is 0 Å². The summed E-state index contributed by atoms with van der Waals surface area (Å²) in [7, 11) is 0. The van der Waals surface area contributed by atoms with E-state index in [1.165, 1.54) is 57.8 Å². The lowest BCUT2D eigenvalue weighted by Gasteiger charge is -2.42. The van der Waals surface area contributed by atoms with Crippen molar-refractivity contribution in [2.45, 2.75) is 248 Å². The number of carbonyl (C=O) groups is 1. The van der Waals surface area contributed by atoms with Gasteiger partial charge in [0.25, 0.3) is 0 Å². The molecule has 0 spiro atoms. The Hall–Kier alpha value is -2.57. The van der Waals surface area contributed by atoms with Gasteiger partial charge in [0, 0.05) is 13.0 Å². The molecule has 0 aromatic carbocycles. The molecular weight excluding hydrogens is 909 g/mol. The van der Waals surface area contributed by atoms with E-state index in [1.807, 2.05) is 0 Å². The van der Waals surface area contributed by atoms with Crippen LogP contribution in [0.4, 0.5) is 0 Å². The summed E-state index contributed by atoms with van der Waals surface area (Å²) in [5, 5.41) is 72.3. The van der Waals surface area contributed by atoms with Crippen molar-refractivity contribution >= 4 is 5.97 Å². The van der Waals surface area contributed by atoms with E-state index in [4.69, 9.17) is 28.4 Å². The Balaban J connectivity index is 1.75. The Morgan fingerprint density at radius 2 is 0.915 bits per heavy atom. The zero-order valence-electron chi connectivity index (χ0n) is 43.7. The Bertz CT molecular complexity index is 1450. The van der Waals surface area contributed by atoms with E-state index in [1.54, 1.807) is 0 Å². The monoisotopic (exact) mass is 1010 g/mol. The summed E-state index contributed by atoms with van der Waals surface area (Å²) in [5.41, 5.74) is 0. The number of hydrogen-bond acceptors (Lipinski definition) is 14. The van der Waals surface area contributed by atoms with Gasteiger partial charge in [-0.3, -0.25) is 4.79 Å². The first-order valence-electron chi connectivity index (χ1n) is 27.5. The van der Waals surface area contributed by atoms with Crippen LogP contribution in [-0.2, 0) is 33.2 Å². The van der Waals surface area contributed by atoms with Crippen LogP contribution in [0.15, 0.2) is 72.9 Å². The predicted octanol–water partition coefficient (Wildman–Crippen LogP) is 9.08. The molecule has 11 unspecified atom stereocenters. The van der Waals surface area contributed by atoms with Gasteiger partial charge in [0.1, 0.15) is 54.9 Å². The van der Waals surface area contributed by atoms with Crippen molar-refractivity contribution in [2.75, 3.05) is 33.0 Å². The summed E-state index contributed by atoms with van der Waals surface area (Å²) in [6.45, 7) is 3.51. The van der Waals surface area contributed by atoms with E-state index >= 15 is 0 Å². The third-order valence-corrected chi connectivity index (χ3v) is 12.7. The lowest BCUT2D eigenvalue weighted by molar-refractivity contribution is -0.332. The second kappa shape index (κ2) is 43.8. The van der Waals surface area contributed by atoms with Crippen molar-refractivity contribution in [2.24, 2.45) is 0 Å². The molecule has 2 saturated heterocycles. The third kappa shape index (κ3) is 31.0. The molecule has 0 amide bonds. The summed E-state index contributed by atoms with van der Waals surface area (Å²) < 4.78 is 34.3. The lowest BCUT2D eigenvalue weighted by atomic mass is 9.98. The largest absolute Gasteiger partial charge is 0.457 e. The van der Waals surface area contributed by atoms with Gasteiger partial charge in [-0.1, -0.05) is 164 Å². The maximum absolute atomic E-state index is 13.0. The molecule has 0 saturated carbocycles. The second-order valence-electron chi connectivity index (χ2n) is 19.0. The van der Waals surface area contributed by atoms with Crippen LogP contribution < -0.4 is 0 Å². The highest BCUT2D eigenvalue weighted by molar-refractivity contribution is 5.69. The minimum absolute atomic E-state index is 0.0480. The number of allylic oxidation sites excluding steroid dienone is 12. The predicted molar refractivity (Wildman–Crippen MR) is 279 cm³/mol. The topological polar surface area (TPSA) is 214 Å². The number of unbranched alkanes of at least 4 members (excludes halogenated alkanes) is 17. The summed E-state index contributed by atoms with van der Waals surface area (Å²) in [5.74, 6) is -0.394. The third-order valence-electron chi connectivity index (χ3n) is 12.7. The number of aliphatic hydroxyl groups excluding tert-OH is 7. The van der Waals surface area contributed by atoms with E-state index < -0.39 is 86.7 Å². The Morgan fingerprint density at radius 1 is 0.479 bits per heavy atom. The van der Waals surface area contributed by atoms with E-state index in [-0.39, 0.29) is 19.6 Å². The molecule has 14 heteroatoms. The molecule has 11 atom stereocenters. The zero-order valence-corrected chi connectivity index (χ0v) is 43.7. The summed E-state index contributed by atoms with van der Waals surface area (Å²) in [4.78, 5) is 13.0. The molecule has 0 bridgehead atoms. The molecule has 2 aliphatic heterocycles. The van der Waals surface area contributed by atoms with Crippen LogP contribution in [0.3, 0.4) is 0 Å². The van der Waals surface area contributed by atoms with Crippen LogP contribution in [0.1, 0.15) is 181 Å². The van der Waals surface area contributed by atoms with Gasteiger partial charge in [-0.05, 0) is 83.5 Å². The zero-order chi connectivity index (χ0) is 51.6. The molecule has 0 radical (unpaired) electrons. The first kappa shape index (κ1) is 64.5. The molecule has 410 valence electrons. The summed E-state index contributed by atoms with van der Waals surface area (Å²) >= 11 is 0. The molecule has 2 heterocycles. The van der Waals surface area contributed by atoms with Gasteiger partial charge in [-0.15, -0.1) is 0 Å². The molecule has 2 rings (SSSR count). The minimum Gasteiger partial charge on any atom is -0.457 e. The van der Waals surface area contributed by atoms with Gasteiger partial charge in [0.2, 0.25) is 0 Å². The SMILES string of the molecule is CC/C=C\C/C=C\C/C=C\C/C=C\CCCCCCCCC(=O)OC(COCCCCCCCCCC/C=C\C/C=C\CCCCC)COC1OC(COC2OC(CO)C(O)C(O)C2O)C(O)C(O)C1O. The minimum atomic E-state index is -1.71. The highest BCUT2D eigenvalue weighted by Crippen LogP contribution is 2.26. The Labute approximate surface area is 427 Å². The van der Waals surface area contributed by atoms with Crippen molar-refractivity contribution in [3.05, 3.63) is 72.9 Å². The molecule has 14 nitrogen and oxygen atoms in total. The molecule has 0 aromatic rings.